The van der Waals surface area contributed by atoms with Crippen LogP contribution in [0.1, 0.15) is 45.4 Å². The van der Waals surface area contributed by atoms with E-state index < -0.39 is 0 Å². The molecule has 0 bridgehead atoms. The second kappa shape index (κ2) is 6.30. The van der Waals surface area contributed by atoms with E-state index in [0.717, 1.165) is 16.6 Å². The lowest BCUT2D eigenvalue weighted by Crippen LogP contribution is -2.26. The average Bonchev–Trinajstić information content (AvgIpc) is 2.35. The molecule has 0 unspecified atom stereocenters. The number of hydrogen-bond acceptors (Lipinski definition) is 1. The highest BCUT2D eigenvalue weighted by Gasteiger charge is 2.20. The largest absolute Gasteiger partial charge is 0.381 e. The SMILES string of the molecule is CCCC1CCC(Nc2ccccc2Cl)CC1. The minimum atomic E-state index is 0.614. The summed E-state index contributed by atoms with van der Waals surface area (Å²) in [6.45, 7) is 2.29. The molecule has 2 rings (SSSR count). The molecule has 0 aromatic heterocycles. The van der Waals surface area contributed by atoms with Crippen LogP contribution in [0, 0.1) is 5.92 Å². The smallest absolute Gasteiger partial charge is 0.0637 e. The van der Waals surface area contributed by atoms with Gasteiger partial charge in [0.05, 0.1) is 10.7 Å². The zero-order valence-corrected chi connectivity index (χ0v) is 11.3. The van der Waals surface area contributed by atoms with Gasteiger partial charge in [-0.3, -0.25) is 0 Å². The highest BCUT2D eigenvalue weighted by atomic mass is 35.5. The van der Waals surface area contributed by atoms with Crippen LogP contribution in [0.25, 0.3) is 0 Å². The maximum absolute atomic E-state index is 6.16. The van der Waals surface area contributed by atoms with Gasteiger partial charge in [-0.05, 0) is 43.7 Å². The molecule has 1 fully saturated rings. The van der Waals surface area contributed by atoms with Gasteiger partial charge in [0.25, 0.3) is 0 Å². The molecule has 1 aromatic rings. The fraction of sp³-hybridized carbons (Fsp3) is 0.600. The van der Waals surface area contributed by atoms with E-state index >= 15 is 0 Å². The summed E-state index contributed by atoms with van der Waals surface area (Å²) in [5.41, 5.74) is 1.09. The first-order valence-electron chi connectivity index (χ1n) is 6.80. The number of rotatable bonds is 4. The fourth-order valence-electron chi connectivity index (χ4n) is 2.80. The van der Waals surface area contributed by atoms with Crippen molar-refractivity contribution in [2.75, 3.05) is 5.32 Å². The maximum Gasteiger partial charge on any atom is 0.0637 e. The van der Waals surface area contributed by atoms with E-state index in [1.54, 1.807) is 0 Å². The first kappa shape index (κ1) is 12.8. The summed E-state index contributed by atoms with van der Waals surface area (Å²) < 4.78 is 0. The molecule has 0 amide bonds. The van der Waals surface area contributed by atoms with Crippen molar-refractivity contribution >= 4 is 17.3 Å². The van der Waals surface area contributed by atoms with Crippen LogP contribution in [0.3, 0.4) is 0 Å². The third-order valence-electron chi connectivity index (χ3n) is 3.78. The highest BCUT2D eigenvalue weighted by molar-refractivity contribution is 6.33. The molecule has 1 aliphatic carbocycles. The van der Waals surface area contributed by atoms with Gasteiger partial charge in [0.15, 0.2) is 0 Å². The number of halogens is 1. The van der Waals surface area contributed by atoms with Crippen molar-refractivity contribution in [3.63, 3.8) is 0 Å². The van der Waals surface area contributed by atoms with Gasteiger partial charge in [-0.25, -0.2) is 0 Å². The van der Waals surface area contributed by atoms with Crippen LogP contribution in [0.5, 0.6) is 0 Å². The summed E-state index contributed by atoms with van der Waals surface area (Å²) >= 11 is 6.16. The number of anilines is 1. The quantitative estimate of drug-likeness (QED) is 0.784. The summed E-state index contributed by atoms with van der Waals surface area (Å²) in [5, 5.41) is 4.42. The second-order valence-electron chi connectivity index (χ2n) is 5.13. The molecule has 0 aliphatic heterocycles. The van der Waals surface area contributed by atoms with Crippen LogP contribution in [0.4, 0.5) is 5.69 Å². The normalized spacial score (nSPS) is 24.6. The molecule has 0 heterocycles. The van der Waals surface area contributed by atoms with E-state index in [2.05, 4.69) is 18.3 Å². The van der Waals surface area contributed by atoms with Crippen molar-refractivity contribution in [3.05, 3.63) is 29.3 Å². The summed E-state index contributed by atoms with van der Waals surface area (Å²) in [6, 6.07) is 8.65. The Labute approximate surface area is 110 Å². The molecular formula is C15H22ClN. The lowest BCUT2D eigenvalue weighted by atomic mass is 9.83. The lowest BCUT2D eigenvalue weighted by Gasteiger charge is -2.29. The summed E-state index contributed by atoms with van der Waals surface area (Å²) in [6.07, 6.45) is 8.05. The molecule has 1 aromatic carbocycles. The minimum absolute atomic E-state index is 0.614. The Bertz CT molecular complexity index is 343. The summed E-state index contributed by atoms with van der Waals surface area (Å²) in [7, 11) is 0. The van der Waals surface area contributed by atoms with E-state index in [1.807, 2.05) is 18.2 Å². The van der Waals surface area contributed by atoms with Gasteiger partial charge in [0.1, 0.15) is 0 Å². The molecule has 0 saturated heterocycles. The lowest BCUT2D eigenvalue weighted by molar-refractivity contribution is 0.319. The predicted molar refractivity (Wildman–Crippen MR) is 75.7 cm³/mol. The van der Waals surface area contributed by atoms with Gasteiger partial charge in [-0.2, -0.15) is 0 Å². The van der Waals surface area contributed by atoms with Crippen molar-refractivity contribution in [1.29, 1.82) is 0 Å². The predicted octanol–water partition coefficient (Wildman–Crippen LogP) is 5.11. The monoisotopic (exact) mass is 251 g/mol. The Hall–Kier alpha value is -0.690. The van der Waals surface area contributed by atoms with Crippen molar-refractivity contribution in [3.8, 4) is 0 Å². The topological polar surface area (TPSA) is 12.0 Å². The van der Waals surface area contributed by atoms with E-state index in [4.69, 9.17) is 11.6 Å². The fourth-order valence-corrected chi connectivity index (χ4v) is 2.99. The first-order chi connectivity index (χ1) is 8.29. The van der Waals surface area contributed by atoms with Crippen LogP contribution < -0.4 is 5.32 Å². The van der Waals surface area contributed by atoms with Gasteiger partial charge < -0.3 is 5.32 Å². The Balaban J connectivity index is 1.84. The van der Waals surface area contributed by atoms with E-state index in [1.165, 1.54) is 38.5 Å². The molecule has 1 nitrogen and oxygen atoms in total. The highest BCUT2D eigenvalue weighted by Crippen LogP contribution is 2.31. The third-order valence-corrected chi connectivity index (χ3v) is 4.11. The Morgan fingerprint density at radius 1 is 1.18 bits per heavy atom. The first-order valence-corrected chi connectivity index (χ1v) is 7.18. The van der Waals surface area contributed by atoms with Gasteiger partial charge in [-0.1, -0.05) is 43.5 Å². The maximum atomic E-state index is 6.16. The Kier molecular flexibility index (Phi) is 4.73. The van der Waals surface area contributed by atoms with E-state index in [0.29, 0.717) is 6.04 Å². The molecule has 2 heteroatoms. The molecule has 17 heavy (non-hydrogen) atoms. The van der Waals surface area contributed by atoms with Crippen LogP contribution in [0.15, 0.2) is 24.3 Å². The number of hydrogen-bond donors (Lipinski definition) is 1. The van der Waals surface area contributed by atoms with Crippen LogP contribution in [-0.2, 0) is 0 Å². The van der Waals surface area contributed by atoms with Crippen LogP contribution >= 0.6 is 11.6 Å². The molecule has 1 saturated carbocycles. The van der Waals surface area contributed by atoms with Crippen LogP contribution in [-0.4, -0.2) is 6.04 Å². The van der Waals surface area contributed by atoms with Crippen molar-refractivity contribution in [2.45, 2.75) is 51.5 Å². The van der Waals surface area contributed by atoms with Crippen LogP contribution in [0.2, 0.25) is 5.02 Å². The van der Waals surface area contributed by atoms with E-state index in [-0.39, 0.29) is 0 Å². The summed E-state index contributed by atoms with van der Waals surface area (Å²) in [4.78, 5) is 0. The second-order valence-corrected chi connectivity index (χ2v) is 5.54. The standard InChI is InChI=1S/C15H22ClN/c1-2-5-12-8-10-13(11-9-12)17-15-7-4-3-6-14(15)16/h3-4,6-7,12-13,17H,2,5,8-11H2,1H3. The molecule has 0 spiro atoms. The number of para-hydroxylation sites is 1. The van der Waals surface area contributed by atoms with Crippen molar-refractivity contribution in [1.82, 2.24) is 0 Å². The van der Waals surface area contributed by atoms with Gasteiger partial charge in [0.2, 0.25) is 0 Å². The van der Waals surface area contributed by atoms with Gasteiger partial charge in [-0.15, -0.1) is 0 Å². The van der Waals surface area contributed by atoms with Crippen molar-refractivity contribution in [2.24, 2.45) is 5.92 Å². The summed E-state index contributed by atoms with van der Waals surface area (Å²) in [5.74, 6) is 0.962. The van der Waals surface area contributed by atoms with Gasteiger partial charge >= 0.3 is 0 Å². The third kappa shape index (κ3) is 3.64. The zero-order valence-electron chi connectivity index (χ0n) is 10.6. The molecule has 0 radical (unpaired) electrons. The molecular weight excluding hydrogens is 230 g/mol. The average molecular weight is 252 g/mol. The minimum Gasteiger partial charge on any atom is -0.381 e. The zero-order chi connectivity index (χ0) is 12.1. The van der Waals surface area contributed by atoms with Crippen molar-refractivity contribution < 1.29 is 0 Å². The Morgan fingerprint density at radius 3 is 2.53 bits per heavy atom. The number of nitrogens with one attached hydrogen (secondary N) is 1. The molecule has 94 valence electrons. The van der Waals surface area contributed by atoms with Gasteiger partial charge in [0, 0.05) is 6.04 Å². The molecule has 1 N–H and O–H groups in total. The molecule has 1 aliphatic rings. The Morgan fingerprint density at radius 2 is 1.88 bits per heavy atom. The van der Waals surface area contributed by atoms with E-state index in [9.17, 15) is 0 Å². The molecule has 0 atom stereocenters. The number of benzene rings is 1.